The molecule has 1 fully saturated rings. The number of esters is 1. The molecule has 23 heavy (non-hydrogen) atoms. The number of halogens is 2. The molecule has 0 aromatic carbocycles. The third-order valence-electron chi connectivity index (χ3n) is 4.20. The Morgan fingerprint density at radius 2 is 1.35 bits per heavy atom. The molecule has 0 aliphatic heterocycles. The molecule has 0 heterocycles. The lowest BCUT2D eigenvalue weighted by Gasteiger charge is -2.19. The van der Waals surface area contributed by atoms with Crippen molar-refractivity contribution in [3.8, 4) is 0 Å². The predicted molar refractivity (Wildman–Crippen MR) is 81.7 cm³/mol. The molecule has 0 aromatic rings. The second-order valence-corrected chi connectivity index (χ2v) is 7.72. The molecular formula is C15H26F2O5S. The van der Waals surface area contributed by atoms with E-state index < -0.39 is 33.9 Å². The minimum Gasteiger partial charge on any atom is -0.458 e. The first-order chi connectivity index (χ1) is 10.7. The molecule has 0 unspecified atom stereocenters. The van der Waals surface area contributed by atoms with Crippen LogP contribution in [0.3, 0.4) is 0 Å². The summed E-state index contributed by atoms with van der Waals surface area (Å²) < 4.78 is 60.1. The largest absolute Gasteiger partial charge is 0.458 e. The maximum Gasteiger partial charge on any atom is 0.402 e. The van der Waals surface area contributed by atoms with Gasteiger partial charge >= 0.3 is 21.3 Å². The third-order valence-corrected chi connectivity index (χ3v) is 5.07. The zero-order valence-electron chi connectivity index (χ0n) is 13.3. The van der Waals surface area contributed by atoms with Crippen molar-refractivity contribution in [2.75, 3.05) is 6.61 Å². The van der Waals surface area contributed by atoms with E-state index in [9.17, 15) is 22.0 Å². The van der Waals surface area contributed by atoms with E-state index in [-0.39, 0.29) is 0 Å². The number of hydrogen-bond donors (Lipinski definition) is 1. The van der Waals surface area contributed by atoms with Crippen LogP contribution in [0.25, 0.3) is 0 Å². The third kappa shape index (κ3) is 7.56. The quantitative estimate of drug-likeness (QED) is 0.610. The summed E-state index contributed by atoms with van der Waals surface area (Å²) in [5, 5.41) is -4.46. The highest BCUT2D eigenvalue weighted by molar-refractivity contribution is 7.86. The van der Waals surface area contributed by atoms with Crippen molar-refractivity contribution in [2.45, 2.75) is 75.9 Å². The molecule has 1 aliphatic carbocycles. The summed E-state index contributed by atoms with van der Waals surface area (Å²) in [7, 11) is -5.57. The molecule has 136 valence electrons. The van der Waals surface area contributed by atoms with Crippen molar-refractivity contribution in [1.29, 1.82) is 0 Å². The summed E-state index contributed by atoms with van der Waals surface area (Å²) in [5.74, 6) is -1.28. The zero-order valence-corrected chi connectivity index (χ0v) is 14.1. The summed E-state index contributed by atoms with van der Waals surface area (Å²) in [6, 6.07) is 0. The average molecular weight is 356 g/mol. The predicted octanol–water partition coefficient (Wildman–Crippen LogP) is 3.93. The van der Waals surface area contributed by atoms with Gasteiger partial charge in [0.25, 0.3) is 0 Å². The number of hydrogen-bond acceptors (Lipinski definition) is 4. The van der Waals surface area contributed by atoms with Crippen LogP contribution in [0, 0.1) is 5.92 Å². The van der Waals surface area contributed by atoms with Crippen LogP contribution in [0.1, 0.15) is 70.6 Å². The summed E-state index contributed by atoms with van der Waals surface area (Å²) in [6.07, 6.45) is 10.6. The molecule has 0 atom stereocenters. The van der Waals surface area contributed by atoms with Gasteiger partial charge in [-0.25, -0.2) is 0 Å². The Kier molecular flexibility index (Phi) is 8.39. The van der Waals surface area contributed by atoms with Gasteiger partial charge in [-0.1, -0.05) is 57.8 Å². The van der Waals surface area contributed by atoms with Crippen molar-refractivity contribution in [3.63, 3.8) is 0 Å². The van der Waals surface area contributed by atoms with Gasteiger partial charge < -0.3 is 4.74 Å². The Hall–Kier alpha value is -0.760. The Morgan fingerprint density at radius 1 is 0.957 bits per heavy atom. The van der Waals surface area contributed by atoms with Gasteiger partial charge in [0.15, 0.2) is 6.61 Å². The Bertz CT molecular complexity index is 452. The zero-order chi connectivity index (χ0) is 17.3. The molecule has 5 nitrogen and oxygen atoms in total. The SMILES string of the molecule is O=C(OCC(F)(F)S(=O)(=O)O)C1CCCCCCCCCCC1. The second kappa shape index (κ2) is 9.52. The number of ether oxygens (including phenoxy) is 1. The van der Waals surface area contributed by atoms with Gasteiger partial charge in [0.2, 0.25) is 0 Å². The minimum absolute atomic E-state index is 0.480. The van der Waals surface area contributed by atoms with Gasteiger partial charge in [0.05, 0.1) is 5.92 Å². The molecule has 1 N–H and O–H groups in total. The first-order valence-electron chi connectivity index (χ1n) is 8.25. The van der Waals surface area contributed by atoms with Crippen LogP contribution >= 0.6 is 0 Å². The smallest absolute Gasteiger partial charge is 0.402 e. The molecule has 0 saturated heterocycles. The lowest BCUT2D eigenvalue weighted by Crippen LogP contribution is -2.35. The van der Waals surface area contributed by atoms with E-state index in [1.54, 1.807) is 0 Å². The highest BCUT2D eigenvalue weighted by Gasteiger charge is 2.45. The van der Waals surface area contributed by atoms with Crippen LogP contribution in [0.2, 0.25) is 0 Å². The van der Waals surface area contributed by atoms with Gasteiger partial charge in [-0.05, 0) is 12.8 Å². The monoisotopic (exact) mass is 356 g/mol. The molecule has 0 radical (unpaired) electrons. The average Bonchev–Trinajstić information content (AvgIpc) is 2.44. The number of carbonyl (C=O) groups is 1. The molecule has 0 amide bonds. The Morgan fingerprint density at radius 3 is 1.74 bits per heavy atom. The van der Waals surface area contributed by atoms with Gasteiger partial charge in [-0.15, -0.1) is 0 Å². The van der Waals surface area contributed by atoms with Crippen molar-refractivity contribution in [2.24, 2.45) is 5.92 Å². The molecule has 1 saturated carbocycles. The van der Waals surface area contributed by atoms with Gasteiger partial charge in [-0.2, -0.15) is 17.2 Å². The standard InChI is InChI=1S/C15H26F2O5S/c16-15(17,23(19,20)21)12-22-14(18)13-10-8-6-4-2-1-3-5-7-9-11-13/h13H,1-12H2,(H,19,20,21). The highest BCUT2D eigenvalue weighted by Crippen LogP contribution is 2.25. The van der Waals surface area contributed by atoms with Crippen LogP contribution in [0.4, 0.5) is 8.78 Å². The first kappa shape index (κ1) is 20.3. The fourth-order valence-corrected chi connectivity index (χ4v) is 2.95. The highest BCUT2D eigenvalue weighted by atomic mass is 32.2. The summed E-state index contributed by atoms with van der Waals surface area (Å²) in [4.78, 5) is 12.0. The number of carbonyl (C=O) groups excluding carboxylic acids is 1. The lowest BCUT2D eigenvalue weighted by atomic mass is 9.93. The summed E-state index contributed by atoms with van der Waals surface area (Å²) in [5.41, 5.74) is 0. The lowest BCUT2D eigenvalue weighted by molar-refractivity contribution is -0.155. The number of alkyl halides is 2. The van der Waals surface area contributed by atoms with Gasteiger partial charge in [0, 0.05) is 0 Å². The summed E-state index contributed by atoms with van der Waals surface area (Å²) >= 11 is 0. The Labute approximate surface area is 136 Å². The second-order valence-electron chi connectivity index (χ2n) is 6.18. The van der Waals surface area contributed by atoms with Crippen LogP contribution in [0.5, 0.6) is 0 Å². The topological polar surface area (TPSA) is 80.7 Å². The van der Waals surface area contributed by atoms with Crippen LogP contribution in [-0.4, -0.2) is 30.8 Å². The molecule has 0 aromatic heterocycles. The maximum atomic E-state index is 13.1. The molecule has 0 bridgehead atoms. The van der Waals surface area contributed by atoms with Crippen LogP contribution in [-0.2, 0) is 19.6 Å². The minimum atomic E-state index is -5.57. The Balaban J connectivity index is 2.52. The molecular weight excluding hydrogens is 330 g/mol. The van der Waals surface area contributed by atoms with Crippen molar-refractivity contribution in [3.05, 3.63) is 0 Å². The van der Waals surface area contributed by atoms with E-state index in [2.05, 4.69) is 4.74 Å². The normalized spacial score (nSPS) is 20.3. The maximum absolute atomic E-state index is 13.1. The fourth-order valence-electron chi connectivity index (χ4n) is 2.75. The fraction of sp³-hybridized carbons (Fsp3) is 0.933. The van der Waals surface area contributed by atoms with Crippen molar-refractivity contribution >= 4 is 16.1 Å². The molecule has 0 spiro atoms. The van der Waals surface area contributed by atoms with Crippen LogP contribution < -0.4 is 0 Å². The van der Waals surface area contributed by atoms with Gasteiger partial charge in [0.1, 0.15) is 0 Å². The van der Waals surface area contributed by atoms with E-state index >= 15 is 0 Å². The van der Waals surface area contributed by atoms with Crippen molar-refractivity contribution in [1.82, 2.24) is 0 Å². The number of rotatable bonds is 4. The van der Waals surface area contributed by atoms with Crippen molar-refractivity contribution < 1.29 is 31.3 Å². The first-order valence-corrected chi connectivity index (χ1v) is 9.69. The van der Waals surface area contributed by atoms with E-state index in [1.807, 2.05) is 0 Å². The van der Waals surface area contributed by atoms with E-state index in [0.717, 1.165) is 38.5 Å². The molecule has 1 aliphatic rings. The van der Waals surface area contributed by atoms with E-state index in [1.165, 1.54) is 19.3 Å². The van der Waals surface area contributed by atoms with E-state index in [4.69, 9.17) is 4.55 Å². The molecule has 1 rings (SSSR count). The van der Waals surface area contributed by atoms with Crippen LogP contribution in [0.15, 0.2) is 0 Å². The van der Waals surface area contributed by atoms with Gasteiger partial charge in [-0.3, -0.25) is 9.35 Å². The van der Waals surface area contributed by atoms with E-state index in [0.29, 0.717) is 12.8 Å². The summed E-state index contributed by atoms with van der Waals surface area (Å²) in [6.45, 7) is -1.64. The molecule has 8 heteroatoms.